The van der Waals surface area contributed by atoms with Crippen LogP contribution in [0.4, 0.5) is 16.5 Å². The maximum atomic E-state index is 10.7. The molecule has 1 N–H and O–H groups in total. The molecule has 0 fully saturated rings. The molecule has 0 bridgehead atoms. The molecule has 0 radical (unpaired) electrons. The number of benzene rings is 2. The molecule has 0 aliphatic carbocycles. The number of hydrazone groups is 1. The SMILES string of the molecule is O=[N+]([O-])c1ccc(/C=N/Nc2nc(-c3ccc([N+](=O)[O-])cc3)cs2)cc1. The standard InChI is InChI=1S/C16H11N5O4S/c22-20(23)13-5-1-11(2-6-13)9-17-19-16-18-15(10-26-16)12-3-7-14(8-4-12)21(24)25/h1-10H,(H,18,19)/b17-9+. The van der Waals surface area contributed by atoms with E-state index in [9.17, 15) is 20.2 Å². The van der Waals surface area contributed by atoms with Gasteiger partial charge < -0.3 is 0 Å². The highest BCUT2D eigenvalue weighted by Gasteiger charge is 2.08. The minimum atomic E-state index is -0.464. The molecule has 3 rings (SSSR count). The summed E-state index contributed by atoms with van der Waals surface area (Å²) in [6.45, 7) is 0. The molecule has 9 nitrogen and oxygen atoms in total. The van der Waals surface area contributed by atoms with E-state index < -0.39 is 9.85 Å². The Balaban J connectivity index is 1.64. The molecule has 0 saturated carbocycles. The normalized spacial score (nSPS) is 10.8. The quantitative estimate of drug-likeness (QED) is 0.397. The van der Waals surface area contributed by atoms with Gasteiger partial charge in [0.05, 0.1) is 21.8 Å². The average molecular weight is 369 g/mol. The molecule has 2 aromatic carbocycles. The van der Waals surface area contributed by atoms with Crippen LogP contribution in [0.3, 0.4) is 0 Å². The molecular weight excluding hydrogens is 358 g/mol. The van der Waals surface area contributed by atoms with E-state index in [-0.39, 0.29) is 11.4 Å². The van der Waals surface area contributed by atoms with Gasteiger partial charge in [-0.15, -0.1) is 11.3 Å². The molecule has 0 spiro atoms. The van der Waals surface area contributed by atoms with Crippen LogP contribution in [0.15, 0.2) is 59.0 Å². The van der Waals surface area contributed by atoms with Gasteiger partial charge in [0.25, 0.3) is 11.4 Å². The van der Waals surface area contributed by atoms with Gasteiger partial charge in [0.15, 0.2) is 0 Å². The summed E-state index contributed by atoms with van der Waals surface area (Å²) in [6, 6.07) is 12.1. The van der Waals surface area contributed by atoms with Crippen LogP contribution in [0.5, 0.6) is 0 Å². The smallest absolute Gasteiger partial charge is 0.258 e. The molecule has 26 heavy (non-hydrogen) atoms. The minimum Gasteiger partial charge on any atom is -0.258 e. The van der Waals surface area contributed by atoms with Crippen LogP contribution in [-0.4, -0.2) is 21.0 Å². The van der Waals surface area contributed by atoms with E-state index in [0.29, 0.717) is 16.4 Å². The number of rotatable bonds is 6. The molecule has 10 heteroatoms. The molecule has 1 heterocycles. The summed E-state index contributed by atoms with van der Waals surface area (Å²) in [7, 11) is 0. The molecule has 0 saturated heterocycles. The van der Waals surface area contributed by atoms with E-state index in [0.717, 1.165) is 5.56 Å². The molecule has 0 unspecified atom stereocenters. The first-order chi connectivity index (χ1) is 12.5. The van der Waals surface area contributed by atoms with Crippen LogP contribution in [0, 0.1) is 20.2 Å². The van der Waals surface area contributed by atoms with E-state index in [1.165, 1.54) is 41.8 Å². The first kappa shape index (κ1) is 17.2. The van der Waals surface area contributed by atoms with Crippen molar-refractivity contribution in [2.24, 2.45) is 5.10 Å². The van der Waals surface area contributed by atoms with Crippen molar-refractivity contribution in [2.75, 3.05) is 5.43 Å². The number of anilines is 1. The first-order valence-electron chi connectivity index (χ1n) is 7.27. The number of aromatic nitrogens is 1. The maximum absolute atomic E-state index is 10.7. The second-order valence-electron chi connectivity index (χ2n) is 5.06. The molecule has 3 aromatic rings. The van der Waals surface area contributed by atoms with Gasteiger partial charge in [-0.2, -0.15) is 5.10 Å². The van der Waals surface area contributed by atoms with E-state index in [1.54, 1.807) is 24.3 Å². The number of nitrogens with zero attached hydrogens (tertiary/aromatic N) is 4. The van der Waals surface area contributed by atoms with Crippen molar-refractivity contribution in [3.8, 4) is 11.3 Å². The van der Waals surface area contributed by atoms with Crippen molar-refractivity contribution in [2.45, 2.75) is 0 Å². The van der Waals surface area contributed by atoms with E-state index in [2.05, 4.69) is 15.5 Å². The zero-order chi connectivity index (χ0) is 18.5. The van der Waals surface area contributed by atoms with Crippen molar-refractivity contribution < 1.29 is 9.85 Å². The number of thiazole rings is 1. The molecule has 0 aliphatic rings. The third-order valence-corrected chi connectivity index (χ3v) is 4.10. The Morgan fingerprint density at radius 2 is 1.54 bits per heavy atom. The Morgan fingerprint density at radius 1 is 0.962 bits per heavy atom. The van der Waals surface area contributed by atoms with Crippen molar-refractivity contribution in [3.63, 3.8) is 0 Å². The largest absolute Gasteiger partial charge is 0.269 e. The van der Waals surface area contributed by atoms with Gasteiger partial charge in [-0.05, 0) is 29.8 Å². The molecule has 0 atom stereocenters. The number of hydrogen-bond acceptors (Lipinski definition) is 8. The first-order valence-corrected chi connectivity index (χ1v) is 8.15. The van der Waals surface area contributed by atoms with Crippen LogP contribution in [0.25, 0.3) is 11.3 Å². The van der Waals surface area contributed by atoms with Gasteiger partial charge in [0.2, 0.25) is 5.13 Å². The van der Waals surface area contributed by atoms with Gasteiger partial charge in [-0.25, -0.2) is 4.98 Å². The summed E-state index contributed by atoms with van der Waals surface area (Å²) in [5.74, 6) is 0. The Bertz CT molecular complexity index is 967. The molecule has 130 valence electrons. The fourth-order valence-electron chi connectivity index (χ4n) is 2.06. The van der Waals surface area contributed by atoms with Crippen LogP contribution < -0.4 is 5.43 Å². The number of non-ortho nitro benzene ring substituents is 2. The summed E-state index contributed by atoms with van der Waals surface area (Å²) < 4.78 is 0. The number of hydrogen-bond donors (Lipinski definition) is 1. The predicted octanol–water partition coefficient (Wildman–Crippen LogP) is 4.07. The van der Waals surface area contributed by atoms with Crippen LogP contribution >= 0.6 is 11.3 Å². The zero-order valence-corrected chi connectivity index (χ0v) is 13.9. The highest BCUT2D eigenvalue weighted by atomic mass is 32.1. The third-order valence-electron chi connectivity index (χ3n) is 3.36. The molecule has 1 aromatic heterocycles. The Morgan fingerprint density at radius 3 is 2.12 bits per heavy atom. The summed E-state index contributed by atoms with van der Waals surface area (Å²) in [6.07, 6.45) is 1.52. The van der Waals surface area contributed by atoms with Gasteiger partial charge in [0, 0.05) is 35.2 Å². The fourth-order valence-corrected chi connectivity index (χ4v) is 2.72. The predicted molar refractivity (Wildman–Crippen MR) is 98.5 cm³/mol. The van der Waals surface area contributed by atoms with Crippen LogP contribution in [0.1, 0.15) is 5.56 Å². The highest BCUT2D eigenvalue weighted by molar-refractivity contribution is 7.14. The summed E-state index contributed by atoms with van der Waals surface area (Å²) >= 11 is 1.34. The minimum absolute atomic E-state index is 0.0165. The van der Waals surface area contributed by atoms with E-state index >= 15 is 0 Å². The van der Waals surface area contributed by atoms with Gasteiger partial charge in [-0.3, -0.25) is 25.7 Å². The zero-order valence-electron chi connectivity index (χ0n) is 13.1. The van der Waals surface area contributed by atoms with Crippen molar-refractivity contribution in [3.05, 3.63) is 79.7 Å². The average Bonchev–Trinajstić information content (AvgIpc) is 3.11. The summed E-state index contributed by atoms with van der Waals surface area (Å²) in [4.78, 5) is 24.7. The second-order valence-corrected chi connectivity index (χ2v) is 5.92. The van der Waals surface area contributed by atoms with Crippen LogP contribution in [-0.2, 0) is 0 Å². The maximum Gasteiger partial charge on any atom is 0.269 e. The lowest BCUT2D eigenvalue weighted by atomic mass is 10.1. The van der Waals surface area contributed by atoms with Gasteiger partial charge in [-0.1, -0.05) is 0 Å². The van der Waals surface area contributed by atoms with Crippen LogP contribution in [0.2, 0.25) is 0 Å². The topological polar surface area (TPSA) is 124 Å². The Labute approximate surface area is 150 Å². The number of nitro benzene ring substituents is 2. The Kier molecular flexibility index (Phi) is 4.94. The summed E-state index contributed by atoms with van der Waals surface area (Å²) in [5.41, 5.74) is 4.97. The van der Waals surface area contributed by atoms with E-state index in [4.69, 9.17) is 0 Å². The molecular formula is C16H11N5O4S. The fraction of sp³-hybridized carbons (Fsp3) is 0. The second kappa shape index (κ2) is 7.49. The van der Waals surface area contributed by atoms with Crippen molar-refractivity contribution in [1.29, 1.82) is 0 Å². The molecule has 0 amide bonds. The third kappa shape index (κ3) is 4.05. The lowest BCUT2D eigenvalue weighted by Crippen LogP contribution is -1.91. The van der Waals surface area contributed by atoms with Gasteiger partial charge in [0.1, 0.15) is 0 Å². The van der Waals surface area contributed by atoms with Gasteiger partial charge >= 0.3 is 0 Å². The van der Waals surface area contributed by atoms with Crippen molar-refractivity contribution in [1.82, 2.24) is 4.98 Å². The van der Waals surface area contributed by atoms with Crippen molar-refractivity contribution >= 4 is 34.1 Å². The summed E-state index contributed by atoms with van der Waals surface area (Å²) in [5, 5.41) is 27.7. The lowest BCUT2D eigenvalue weighted by molar-refractivity contribution is -0.385. The number of nitrogens with one attached hydrogen (secondary N) is 1. The molecule has 0 aliphatic heterocycles. The monoisotopic (exact) mass is 369 g/mol. The van der Waals surface area contributed by atoms with E-state index in [1.807, 2.05) is 5.38 Å². The Hall–Kier alpha value is -3.66. The highest BCUT2D eigenvalue weighted by Crippen LogP contribution is 2.26. The lowest BCUT2D eigenvalue weighted by Gasteiger charge is -1.97. The number of nitro groups is 2.